The number of rotatable bonds is 7. The molecule has 1 saturated heterocycles. The summed E-state index contributed by atoms with van der Waals surface area (Å²) in [5.74, 6) is 3.68. The second kappa shape index (κ2) is 8.85. The molecule has 1 N–H and O–H groups in total. The molecule has 1 aromatic rings. The normalized spacial score (nSPS) is 17.9. The average Bonchev–Trinajstić information content (AvgIpc) is 2.49. The van der Waals surface area contributed by atoms with Crippen LogP contribution < -0.4 is 5.32 Å². The van der Waals surface area contributed by atoms with Gasteiger partial charge in [-0.3, -0.25) is 0 Å². The Bertz CT molecular complexity index is 424. The number of nitrogens with one attached hydrogen (secondary N) is 1. The van der Waals surface area contributed by atoms with Gasteiger partial charge in [0, 0.05) is 6.04 Å². The van der Waals surface area contributed by atoms with Gasteiger partial charge in [0.25, 0.3) is 0 Å². The summed E-state index contributed by atoms with van der Waals surface area (Å²) in [5.41, 5.74) is 4.33. The van der Waals surface area contributed by atoms with Crippen LogP contribution in [0.25, 0.3) is 0 Å². The molecule has 0 saturated carbocycles. The van der Waals surface area contributed by atoms with E-state index in [9.17, 15) is 0 Å². The van der Waals surface area contributed by atoms with Gasteiger partial charge in [-0.15, -0.1) is 0 Å². The summed E-state index contributed by atoms with van der Waals surface area (Å²) < 4.78 is 0. The molecule has 0 aromatic heterocycles. The molecule has 1 fully saturated rings. The first-order valence-corrected chi connectivity index (χ1v) is 9.71. The summed E-state index contributed by atoms with van der Waals surface area (Å²) >= 11 is 2.13. The standard InChI is InChI=1S/C19H31NS/c1-4-9-20-19(13-17-7-10-21-11-8-17)14-18-6-5-15(2)16(3)12-18/h5-6,12,17,19-20H,4,7-11,13-14H2,1-3H3. The zero-order valence-corrected chi connectivity index (χ0v) is 14.8. The first-order chi connectivity index (χ1) is 10.2. The Morgan fingerprint density at radius 1 is 1.19 bits per heavy atom. The number of aryl methyl sites for hydroxylation is 2. The second-order valence-corrected chi connectivity index (χ2v) is 7.79. The molecule has 1 nitrogen and oxygen atoms in total. The van der Waals surface area contributed by atoms with E-state index in [0.29, 0.717) is 6.04 Å². The monoisotopic (exact) mass is 305 g/mol. The summed E-state index contributed by atoms with van der Waals surface area (Å²) in [5, 5.41) is 3.79. The Morgan fingerprint density at radius 3 is 2.62 bits per heavy atom. The number of hydrogen-bond donors (Lipinski definition) is 1. The van der Waals surface area contributed by atoms with Crippen LogP contribution in [-0.2, 0) is 6.42 Å². The van der Waals surface area contributed by atoms with Gasteiger partial charge in [0.1, 0.15) is 0 Å². The fourth-order valence-corrected chi connectivity index (χ4v) is 4.39. The molecule has 1 aromatic carbocycles. The highest BCUT2D eigenvalue weighted by atomic mass is 32.2. The van der Waals surface area contributed by atoms with Crippen molar-refractivity contribution in [2.75, 3.05) is 18.1 Å². The minimum Gasteiger partial charge on any atom is -0.314 e. The lowest BCUT2D eigenvalue weighted by Gasteiger charge is -2.27. The van der Waals surface area contributed by atoms with Crippen LogP contribution in [0.1, 0.15) is 49.3 Å². The largest absolute Gasteiger partial charge is 0.314 e. The smallest absolute Gasteiger partial charge is 0.0110 e. The van der Waals surface area contributed by atoms with Gasteiger partial charge in [0.2, 0.25) is 0 Å². The fourth-order valence-electron chi connectivity index (χ4n) is 3.19. The first-order valence-electron chi connectivity index (χ1n) is 8.56. The minimum atomic E-state index is 0.653. The maximum absolute atomic E-state index is 3.79. The van der Waals surface area contributed by atoms with Gasteiger partial charge in [0.15, 0.2) is 0 Å². The fraction of sp³-hybridized carbons (Fsp3) is 0.684. The lowest BCUT2D eigenvalue weighted by molar-refractivity contribution is 0.362. The van der Waals surface area contributed by atoms with E-state index < -0.39 is 0 Å². The Hall–Kier alpha value is -0.470. The quantitative estimate of drug-likeness (QED) is 0.780. The molecule has 21 heavy (non-hydrogen) atoms. The van der Waals surface area contributed by atoms with Crippen LogP contribution in [0.3, 0.4) is 0 Å². The number of thioether (sulfide) groups is 1. The number of benzene rings is 1. The van der Waals surface area contributed by atoms with Crippen molar-refractivity contribution in [2.24, 2.45) is 5.92 Å². The molecule has 2 rings (SSSR count). The van der Waals surface area contributed by atoms with E-state index in [-0.39, 0.29) is 0 Å². The summed E-state index contributed by atoms with van der Waals surface area (Å²) in [7, 11) is 0. The Kier molecular flexibility index (Phi) is 7.12. The molecule has 0 aliphatic carbocycles. The van der Waals surface area contributed by atoms with E-state index in [2.05, 4.69) is 56.0 Å². The van der Waals surface area contributed by atoms with Crippen LogP contribution in [0.15, 0.2) is 18.2 Å². The highest BCUT2D eigenvalue weighted by molar-refractivity contribution is 7.99. The Morgan fingerprint density at radius 2 is 1.95 bits per heavy atom. The molecule has 0 amide bonds. The van der Waals surface area contributed by atoms with Crippen LogP contribution in [-0.4, -0.2) is 24.1 Å². The van der Waals surface area contributed by atoms with Crippen molar-refractivity contribution in [1.82, 2.24) is 5.32 Å². The summed E-state index contributed by atoms with van der Waals surface area (Å²) in [6.07, 6.45) is 6.60. The van der Waals surface area contributed by atoms with Gasteiger partial charge in [-0.25, -0.2) is 0 Å². The van der Waals surface area contributed by atoms with Crippen LogP contribution in [0.2, 0.25) is 0 Å². The van der Waals surface area contributed by atoms with Crippen LogP contribution >= 0.6 is 11.8 Å². The Balaban J connectivity index is 1.95. The third-order valence-electron chi connectivity index (χ3n) is 4.70. The van der Waals surface area contributed by atoms with E-state index in [1.807, 2.05) is 0 Å². The van der Waals surface area contributed by atoms with Gasteiger partial charge in [0.05, 0.1) is 0 Å². The van der Waals surface area contributed by atoms with Gasteiger partial charge in [-0.2, -0.15) is 11.8 Å². The van der Waals surface area contributed by atoms with Crippen molar-refractivity contribution in [2.45, 2.75) is 58.9 Å². The zero-order valence-electron chi connectivity index (χ0n) is 14.0. The molecule has 1 unspecified atom stereocenters. The molecule has 0 radical (unpaired) electrons. The number of hydrogen-bond acceptors (Lipinski definition) is 2. The molecule has 1 aliphatic rings. The second-order valence-electron chi connectivity index (χ2n) is 6.57. The summed E-state index contributed by atoms with van der Waals surface area (Å²) in [4.78, 5) is 0. The predicted octanol–water partition coefficient (Wildman–Crippen LogP) is 4.75. The first kappa shape index (κ1) is 16.9. The maximum atomic E-state index is 3.79. The van der Waals surface area contributed by atoms with Gasteiger partial charge >= 0.3 is 0 Å². The van der Waals surface area contributed by atoms with E-state index >= 15 is 0 Å². The van der Waals surface area contributed by atoms with Gasteiger partial charge in [-0.1, -0.05) is 25.1 Å². The molecular weight excluding hydrogens is 274 g/mol. The maximum Gasteiger partial charge on any atom is 0.0110 e. The molecule has 118 valence electrons. The van der Waals surface area contributed by atoms with E-state index in [1.165, 1.54) is 60.3 Å². The highest BCUT2D eigenvalue weighted by Gasteiger charge is 2.19. The van der Waals surface area contributed by atoms with E-state index in [4.69, 9.17) is 0 Å². The predicted molar refractivity (Wildman–Crippen MR) is 96.4 cm³/mol. The van der Waals surface area contributed by atoms with Crippen molar-refractivity contribution in [1.29, 1.82) is 0 Å². The molecular formula is C19H31NS. The topological polar surface area (TPSA) is 12.0 Å². The van der Waals surface area contributed by atoms with Gasteiger partial charge in [-0.05, 0) is 86.6 Å². The van der Waals surface area contributed by atoms with E-state index in [1.54, 1.807) is 0 Å². The minimum absolute atomic E-state index is 0.653. The lowest BCUT2D eigenvalue weighted by atomic mass is 9.90. The average molecular weight is 306 g/mol. The van der Waals surface area contributed by atoms with Crippen LogP contribution in [0.5, 0.6) is 0 Å². The van der Waals surface area contributed by atoms with Crippen molar-refractivity contribution < 1.29 is 0 Å². The molecule has 1 aliphatic heterocycles. The van der Waals surface area contributed by atoms with Crippen molar-refractivity contribution in [3.8, 4) is 0 Å². The molecule has 1 atom stereocenters. The summed E-state index contributed by atoms with van der Waals surface area (Å²) in [6.45, 7) is 7.84. The highest BCUT2D eigenvalue weighted by Crippen LogP contribution is 2.27. The van der Waals surface area contributed by atoms with Crippen LogP contribution in [0, 0.1) is 19.8 Å². The van der Waals surface area contributed by atoms with Gasteiger partial charge < -0.3 is 5.32 Å². The molecule has 0 spiro atoms. The third-order valence-corrected chi connectivity index (χ3v) is 5.74. The Labute approximate surface area is 135 Å². The van der Waals surface area contributed by atoms with E-state index in [0.717, 1.165) is 12.5 Å². The van der Waals surface area contributed by atoms with Crippen molar-refractivity contribution >= 4 is 11.8 Å². The molecule has 1 heterocycles. The van der Waals surface area contributed by atoms with Crippen molar-refractivity contribution in [3.63, 3.8) is 0 Å². The van der Waals surface area contributed by atoms with Crippen molar-refractivity contribution in [3.05, 3.63) is 34.9 Å². The molecule has 2 heteroatoms. The zero-order chi connectivity index (χ0) is 15.1. The summed E-state index contributed by atoms with van der Waals surface area (Å²) in [6, 6.07) is 7.63. The van der Waals surface area contributed by atoms with Crippen LogP contribution in [0.4, 0.5) is 0 Å². The SMILES string of the molecule is CCCNC(Cc1ccc(C)c(C)c1)CC1CCSCC1. The lowest BCUT2D eigenvalue weighted by Crippen LogP contribution is -2.34. The third kappa shape index (κ3) is 5.67. The molecule has 0 bridgehead atoms.